The third kappa shape index (κ3) is 3.53. The molecule has 0 heterocycles. The molecule has 4 N–H and O–H groups in total. The first-order valence-corrected chi connectivity index (χ1v) is 7.39. The normalized spacial score (nSPS) is 24.9. The molecule has 112 valence electrons. The van der Waals surface area contributed by atoms with Crippen LogP contribution in [0.25, 0.3) is 0 Å². The summed E-state index contributed by atoms with van der Waals surface area (Å²) in [5, 5.41) is 14.7. The van der Waals surface area contributed by atoms with E-state index in [0.717, 1.165) is 19.3 Å². The monoisotopic (exact) mass is 286 g/mol. The molecule has 0 spiro atoms. The fraction of sp³-hybridized carbons (Fsp3) is 0.500. The van der Waals surface area contributed by atoms with E-state index in [1.54, 1.807) is 24.3 Å². The first kappa shape index (κ1) is 15.3. The van der Waals surface area contributed by atoms with E-state index in [9.17, 15) is 4.79 Å². The van der Waals surface area contributed by atoms with Crippen LogP contribution in [0.3, 0.4) is 0 Å². The number of carbonyl (C=O) groups excluding carboxylic acids is 1. The van der Waals surface area contributed by atoms with Crippen LogP contribution in [0.4, 0.5) is 10.5 Å². The Kier molecular flexibility index (Phi) is 4.81. The van der Waals surface area contributed by atoms with E-state index in [4.69, 9.17) is 11.0 Å². The zero-order chi connectivity index (χ0) is 15.3. The van der Waals surface area contributed by atoms with E-state index in [-0.39, 0.29) is 11.6 Å². The highest BCUT2D eigenvalue weighted by atomic mass is 16.2. The Morgan fingerprint density at radius 3 is 3.00 bits per heavy atom. The summed E-state index contributed by atoms with van der Waals surface area (Å²) in [4.78, 5) is 12.2. The summed E-state index contributed by atoms with van der Waals surface area (Å²) in [6.45, 7) is 2.59. The summed E-state index contributed by atoms with van der Waals surface area (Å²) in [5.74, 6) is 0.368. The average Bonchev–Trinajstić information content (AvgIpc) is 2.50. The summed E-state index contributed by atoms with van der Waals surface area (Å²) < 4.78 is 0. The molecule has 2 unspecified atom stereocenters. The van der Waals surface area contributed by atoms with E-state index in [0.29, 0.717) is 23.7 Å². The SMILES string of the molecule is CC1CCCCC1(CN)NC(=O)Nc1cccc(C#N)c1. The molecule has 1 aliphatic carbocycles. The molecule has 0 bridgehead atoms. The third-order valence-corrected chi connectivity index (χ3v) is 4.43. The van der Waals surface area contributed by atoms with Gasteiger partial charge in [0.2, 0.25) is 0 Å². The largest absolute Gasteiger partial charge is 0.331 e. The molecule has 2 amide bonds. The molecule has 5 heteroatoms. The molecule has 0 aliphatic heterocycles. The molecule has 2 rings (SSSR count). The molecular formula is C16H22N4O. The van der Waals surface area contributed by atoms with Crippen LogP contribution >= 0.6 is 0 Å². The van der Waals surface area contributed by atoms with Gasteiger partial charge in [-0.05, 0) is 37.0 Å². The van der Waals surface area contributed by atoms with Crippen LogP contribution in [-0.2, 0) is 0 Å². The highest BCUT2D eigenvalue weighted by Crippen LogP contribution is 2.32. The summed E-state index contributed by atoms with van der Waals surface area (Å²) >= 11 is 0. The minimum Gasteiger partial charge on any atom is -0.331 e. The minimum atomic E-state index is -0.324. The van der Waals surface area contributed by atoms with Crippen LogP contribution in [0.2, 0.25) is 0 Å². The molecule has 1 fully saturated rings. The van der Waals surface area contributed by atoms with Crippen LogP contribution in [0, 0.1) is 17.2 Å². The van der Waals surface area contributed by atoms with Gasteiger partial charge in [0.05, 0.1) is 17.2 Å². The maximum absolute atomic E-state index is 12.2. The number of benzene rings is 1. The van der Waals surface area contributed by atoms with Gasteiger partial charge in [-0.3, -0.25) is 0 Å². The van der Waals surface area contributed by atoms with Crippen LogP contribution < -0.4 is 16.4 Å². The van der Waals surface area contributed by atoms with Gasteiger partial charge in [0, 0.05) is 12.2 Å². The standard InChI is InChI=1S/C16H22N4O/c1-12-5-2-3-8-16(12,11-18)20-15(21)19-14-7-4-6-13(9-14)10-17/h4,6-7,9,12H,2-3,5,8,11,18H2,1H3,(H2,19,20,21). The predicted molar refractivity (Wildman–Crippen MR) is 82.7 cm³/mol. The second-order valence-corrected chi connectivity index (χ2v) is 5.78. The number of hydrogen-bond acceptors (Lipinski definition) is 3. The molecule has 2 atom stereocenters. The molecule has 1 aliphatic rings. The second kappa shape index (κ2) is 6.59. The highest BCUT2D eigenvalue weighted by molar-refractivity contribution is 5.90. The van der Waals surface area contributed by atoms with E-state index < -0.39 is 0 Å². The summed E-state index contributed by atoms with van der Waals surface area (Å²) in [6, 6.07) is 8.66. The number of hydrogen-bond donors (Lipinski definition) is 3. The molecule has 21 heavy (non-hydrogen) atoms. The second-order valence-electron chi connectivity index (χ2n) is 5.78. The maximum atomic E-state index is 12.2. The lowest BCUT2D eigenvalue weighted by Crippen LogP contribution is -2.60. The Morgan fingerprint density at radius 1 is 1.52 bits per heavy atom. The van der Waals surface area contributed by atoms with E-state index in [1.807, 2.05) is 0 Å². The number of urea groups is 1. The Balaban J connectivity index is 2.04. The van der Waals surface area contributed by atoms with Crippen molar-refractivity contribution in [1.82, 2.24) is 5.32 Å². The molecule has 0 radical (unpaired) electrons. The Bertz CT molecular complexity index is 551. The van der Waals surface area contributed by atoms with Gasteiger partial charge in [0.25, 0.3) is 0 Å². The topological polar surface area (TPSA) is 90.9 Å². The fourth-order valence-electron chi connectivity index (χ4n) is 3.01. The van der Waals surface area contributed by atoms with E-state index in [1.165, 1.54) is 6.42 Å². The van der Waals surface area contributed by atoms with Crippen molar-refractivity contribution < 1.29 is 4.79 Å². The average molecular weight is 286 g/mol. The van der Waals surface area contributed by atoms with Gasteiger partial charge >= 0.3 is 6.03 Å². The van der Waals surface area contributed by atoms with Crippen molar-refractivity contribution in [2.45, 2.75) is 38.1 Å². The number of carbonyl (C=O) groups is 1. The Labute approximate surface area is 125 Å². The van der Waals surface area contributed by atoms with E-state index in [2.05, 4.69) is 23.6 Å². The highest BCUT2D eigenvalue weighted by Gasteiger charge is 2.38. The van der Waals surface area contributed by atoms with Crippen LogP contribution in [0.1, 0.15) is 38.2 Å². The molecule has 1 aromatic rings. The van der Waals surface area contributed by atoms with Gasteiger partial charge in [-0.2, -0.15) is 5.26 Å². The minimum absolute atomic E-state index is 0.260. The summed E-state index contributed by atoms with van der Waals surface area (Å²) in [6.07, 6.45) is 4.28. The first-order chi connectivity index (χ1) is 10.1. The fourth-order valence-corrected chi connectivity index (χ4v) is 3.01. The van der Waals surface area contributed by atoms with Gasteiger partial charge in [-0.25, -0.2) is 4.79 Å². The van der Waals surface area contributed by atoms with Crippen molar-refractivity contribution in [2.24, 2.45) is 11.7 Å². The third-order valence-electron chi connectivity index (χ3n) is 4.43. The number of nitriles is 1. The van der Waals surface area contributed by atoms with Crippen LogP contribution in [-0.4, -0.2) is 18.1 Å². The number of nitrogens with one attached hydrogen (secondary N) is 2. The quantitative estimate of drug-likeness (QED) is 0.797. The summed E-state index contributed by atoms with van der Waals surface area (Å²) in [5.41, 5.74) is 6.74. The number of anilines is 1. The van der Waals surface area contributed by atoms with Gasteiger partial charge in [-0.1, -0.05) is 25.8 Å². The molecule has 1 saturated carbocycles. The smallest absolute Gasteiger partial charge is 0.319 e. The number of nitrogens with zero attached hydrogens (tertiary/aromatic N) is 1. The number of rotatable bonds is 3. The van der Waals surface area contributed by atoms with Crippen molar-refractivity contribution in [3.05, 3.63) is 29.8 Å². The molecule has 0 aromatic heterocycles. The maximum Gasteiger partial charge on any atom is 0.319 e. The van der Waals surface area contributed by atoms with E-state index >= 15 is 0 Å². The number of nitrogens with two attached hydrogens (primary N) is 1. The van der Waals surface area contributed by atoms with Gasteiger partial charge < -0.3 is 16.4 Å². The molecule has 0 saturated heterocycles. The van der Waals surface area contributed by atoms with Crippen LogP contribution in [0.5, 0.6) is 0 Å². The lowest BCUT2D eigenvalue weighted by atomic mass is 9.73. The Hall–Kier alpha value is -2.06. The number of amides is 2. The van der Waals surface area contributed by atoms with Crippen molar-refractivity contribution in [1.29, 1.82) is 5.26 Å². The predicted octanol–water partition coefficient (Wildman–Crippen LogP) is 2.59. The molecule has 1 aromatic carbocycles. The zero-order valence-electron chi connectivity index (χ0n) is 12.4. The molecule has 5 nitrogen and oxygen atoms in total. The molecular weight excluding hydrogens is 264 g/mol. The van der Waals surface area contributed by atoms with Gasteiger partial charge in [0.15, 0.2) is 0 Å². The van der Waals surface area contributed by atoms with Crippen molar-refractivity contribution in [3.63, 3.8) is 0 Å². The summed E-state index contributed by atoms with van der Waals surface area (Å²) in [7, 11) is 0. The van der Waals surface area contributed by atoms with Crippen molar-refractivity contribution in [2.75, 3.05) is 11.9 Å². The van der Waals surface area contributed by atoms with Crippen molar-refractivity contribution >= 4 is 11.7 Å². The van der Waals surface area contributed by atoms with Gasteiger partial charge in [-0.15, -0.1) is 0 Å². The lowest BCUT2D eigenvalue weighted by molar-refractivity contribution is 0.166. The first-order valence-electron chi connectivity index (χ1n) is 7.39. The van der Waals surface area contributed by atoms with Crippen molar-refractivity contribution in [3.8, 4) is 6.07 Å². The lowest BCUT2D eigenvalue weighted by Gasteiger charge is -2.42. The Morgan fingerprint density at radius 2 is 2.33 bits per heavy atom. The van der Waals surface area contributed by atoms with Gasteiger partial charge in [0.1, 0.15) is 0 Å². The van der Waals surface area contributed by atoms with Crippen LogP contribution in [0.15, 0.2) is 24.3 Å². The zero-order valence-corrected chi connectivity index (χ0v) is 12.4.